The number of unbranched alkanes of at least 4 members (excludes halogenated alkanes) is 1. The SMILES string of the molecule is CCCCNN(C(C)=O)c1cccc2c1CN(C)CC2c1ccc(C)cc1. The van der Waals surface area contributed by atoms with Gasteiger partial charge in [0, 0.05) is 32.5 Å². The van der Waals surface area contributed by atoms with Crippen LogP contribution in [0.15, 0.2) is 42.5 Å². The minimum Gasteiger partial charge on any atom is -0.301 e. The van der Waals surface area contributed by atoms with Crippen LogP contribution in [0, 0.1) is 6.92 Å². The van der Waals surface area contributed by atoms with Crippen LogP contribution >= 0.6 is 0 Å². The van der Waals surface area contributed by atoms with E-state index in [0.717, 1.165) is 38.2 Å². The molecule has 0 spiro atoms. The Morgan fingerprint density at radius 1 is 1.22 bits per heavy atom. The summed E-state index contributed by atoms with van der Waals surface area (Å²) in [6.07, 6.45) is 2.15. The number of hydrazine groups is 1. The molecule has 0 radical (unpaired) electrons. The van der Waals surface area contributed by atoms with Gasteiger partial charge in [0.05, 0.1) is 5.69 Å². The number of nitrogens with zero attached hydrogens (tertiary/aromatic N) is 2. The van der Waals surface area contributed by atoms with E-state index in [4.69, 9.17) is 0 Å². The third kappa shape index (κ3) is 4.40. The Hall–Kier alpha value is -2.17. The van der Waals surface area contributed by atoms with Gasteiger partial charge >= 0.3 is 0 Å². The van der Waals surface area contributed by atoms with Gasteiger partial charge in [-0.2, -0.15) is 0 Å². The number of carbonyl (C=O) groups excluding carboxylic acids is 1. The molecule has 1 aliphatic heterocycles. The second kappa shape index (κ2) is 8.68. The Kier molecular flexibility index (Phi) is 6.30. The second-order valence-corrected chi connectivity index (χ2v) is 7.62. The molecule has 4 heteroatoms. The third-order valence-electron chi connectivity index (χ3n) is 5.32. The van der Waals surface area contributed by atoms with Crippen molar-refractivity contribution < 1.29 is 4.79 Å². The maximum absolute atomic E-state index is 12.3. The lowest BCUT2D eigenvalue weighted by atomic mass is 9.84. The van der Waals surface area contributed by atoms with Gasteiger partial charge in [-0.15, -0.1) is 0 Å². The molecule has 27 heavy (non-hydrogen) atoms. The predicted octanol–water partition coefficient (Wildman–Crippen LogP) is 4.23. The maximum Gasteiger partial charge on any atom is 0.238 e. The number of benzene rings is 2. The molecule has 4 nitrogen and oxygen atoms in total. The third-order valence-corrected chi connectivity index (χ3v) is 5.32. The Morgan fingerprint density at radius 2 is 1.96 bits per heavy atom. The zero-order valence-electron chi connectivity index (χ0n) is 17.0. The fourth-order valence-electron chi connectivity index (χ4n) is 3.86. The number of hydrogen-bond acceptors (Lipinski definition) is 3. The number of hydrogen-bond donors (Lipinski definition) is 1. The summed E-state index contributed by atoms with van der Waals surface area (Å²) in [4.78, 5) is 14.7. The van der Waals surface area contributed by atoms with Crippen LogP contribution in [0.3, 0.4) is 0 Å². The highest BCUT2D eigenvalue weighted by Crippen LogP contribution is 2.37. The molecule has 0 aromatic heterocycles. The minimum absolute atomic E-state index is 0.0274. The van der Waals surface area contributed by atoms with Crippen LogP contribution in [0.1, 0.15) is 54.9 Å². The van der Waals surface area contributed by atoms with Gasteiger partial charge in [0.15, 0.2) is 0 Å². The molecular weight excluding hydrogens is 334 g/mol. The first-order valence-corrected chi connectivity index (χ1v) is 9.92. The quantitative estimate of drug-likeness (QED) is 0.615. The normalized spacial score (nSPS) is 16.8. The Labute approximate surface area is 163 Å². The summed E-state index contributed by atoms with van der Waals surface area (Å²) in [7, 11) is 2.16. The lowest BCUT2D eigenvalue weighted by Gasteiger charge is -2.36. The van der Waals surface area contributed by atoms with Gasteiger partial charge in [-0.1, -0.05) is 55.3 Å². The van der Waals surface area contributed by atoms with Crippen molar-refractivity contribution in [2.75, 3.05) is 25.1 Å². The van der Waals surface area contributed by atoms with E-state index in [2.05, 4.69) is 73.7 Å². The lowest BCUT2D eigenvalue weighted by molar-refractivity contribution is -0.117. The molecule has 1 N–H and O–H groups in total. The highest BCUT2D eigenvalue weighted by molar-refractivity contribution is 5.91. The van der Waals surface area contributed by atoms with E-state index in [9.17, 15) is 4.79 Å². The van der Waals surface area contributed by atoms with Crippen LogP contribution in [0.4, 0.5) is 5.69 Å². The Balaban J connectivity index is 2.00. The van der Waals surface area contributed by atoms with Crippen molar-refractivity contribution in [1.82, 2.24) is 10.3 Å². The van der Waals surface area contributed by atoms with Crippen LogP contribution in [0.25, 0.3) is 0 Å². The number of amides is 1. The zero-order valence-corrected chi connectivity index (χ0v) is 17.0. The summed E-state index contributed by atoms with van der Waals surface area (Å²) in [6, 6.07) is 15.2. The summed E-state index contributed by atoms with van der Waals surface area (Å²) in [6.45, 7) is 8.55. The minimum atomic E-state index is 0.0274. The topological polar surface area (TPSA) is 35.6 Å². The van der Waals surface area contributed by atoms with Gasteiger partial charge in [-0.05, 0) is 43.1 Å². The fourth-order valence-corrected chi connectivity index (χ4v) is 3.86. The number of rotatable bonds is 6. The van der Waals surface area contributed by atoms with Gasteiger partial charge < -0.3 is 4.90 Å². The smallest absolute Gasteiger partial charge is 0.238 e. The highest BCUT2D eigenvalue weighted by atomic mass is 16.2. The first-order valence-electron chi connectivity index (χ1n) is 9.92. The molecule has 0 fully saturated rings. The summed E-state index contributed by atoms with van der Waals surface area (Å²) in [5, 5.41) is 1.74. The lowest BCUT2D eigenvalue weighted by Crippen LogP contribution is -2.44. The van der Waals surface area contributed by atoms with E-state index in [0.29, 0.717) is 5.92 Å². The maximum atomic E-state index is 12.3. The van der Waals surface area contributed by atoms with Gasteiger partial charge in [0.2, 0.25) is 5.91 Å². The second-order valence-electron chi connectivity index (χ2n) is 7.62. The van der Waals surface area contributed by atoms with E-state index in [1.54, 1.807) is 11.9 Å². The predicted molar refractivity (Wildman–Crippen MR) is 112 cm³/mol. The van der Waals surface area contributed by atoms with Crippen molar-refractivity contribution >= 4 is 11.6 Å². The molecule has 0 saturated carbocycles. The number of likely N-dealkylation sites (N-methyl/N-ethyl adjacent to an activating group) is 1. The number of carbonyl (C=O) groups is 1. The van der Waals surface area contributed by atoms with Crippen LogP contribution < -0.4 is 10.4 Å². The number of fused-ring (bicyclic) bond motifs is 1. The van der Waals surface area contributed by atoms with Crippen LogP contribution in [0.2, 0.25) is 0 Å². The molecule has 1 unspecified atom stereocenters. The molecule has 1 heterocycles. The molecule has 1 aliphatic rings. The largest absolute Gasteiger partial charge is 0.301 e. The van der Waals surface area contributed by atoms with Crippen LogP contribution in [-0.2, 0) is 11.3 Å². The van der Waals surface area contributed by atoms with Crippen molar-refractivity contribution in [2.45, 2.75) is 46.1 Å². The van der Waals surface area contributed by atoms with Crippen molar-refractivity contribution in [3.63, 3.8) is 0 Å². The first kappa shape index (κ1) is 19.6. The molecular formula is C23H31N3O. The van der Waals surface area contributed by atoms with Gasteiger partial charge in [-0.25, -0.2) is 10.4 Å². The van der Waals surface area contributed by atoms with Crippen molar-refractivity contribution in [3.05, 3.63) is 64.7 Å². The van der Waals surface area contributed by atoms with E-state index >= 15 is 0 Å². The summed E-state index contributed by atoms with van der Waals surface area (Å²) >= 11 is 0. The van der Waals surface area contributed by atoms with Crippen molar-refractivity contribution in [3.8, 4) is 0 Å². The standard InChI is InChI=1S/C23H31N3O/c1-5-6-14-24-26(18(3)27)23-9-7-8-20-21(15-25(4)16-22(20)23)19-12-10-17(2)11-13-19/h7-13,21,24H,5-6,14-16H2,1-4H3. The average molecular weight is 366 g/mol. The van der Waals surface area contributed by atoms with Gasteiger partial charge in [0.25, 0.3) is 0 Å². The van der Waals surface area contributed by atoms with E-state index in [1.807, 2.05) is 0 Å². The van der Waals surface area contributed by atoms with Crippen molar-refractivity contribution in [1.29, 1.82) is 0 Å². The molecule has 2 aromatic carbocycles. The highest BCUT2D eigenvalue weighted by Gasteiger charge is 2.28. The molecule has 0 aliphatic carbocycles. The monoisotopic (exact) mass is 365 g/mol. The Morgan fingerprint density at radius 3 is 2.63 bits per heavy atom. The first-order chi connectivity index (χ1) is 13.0. The number of aryl methyl sites for hydroxylation is 1. The number of nitrogens with one attached hydrogen (secondary N) is 1. The van der Waals surface area contributed by atoms with Gasteiger partial charge in [0.1, 0.15) is 0 Å². The summed E-state index contributed by atoms with van der Waals surface area (Å²) in [5.74, 6) is 0.350. The van der Waals surface area contributed by atoms with Crippen molar-refractivity contribution in [2.24, 2.45) is 0 Å². The molecule has 144 valence electrons. The molecule has 0 saturated heterocycles. The Bertz CT molecular complexity index is 785. The molecule has 3 rings (SSSR count). The van der Waals surface area contributed by atoms with Crippen LogP contribution in [-0.4, -0.2) is 30.9 Å². The zero-order chi connectivity index (χ0) is 19.4. The number of anilines is 1. The summed E-state index contributed by atoms with van der Waals surface area (Å²) < 4.78 is 0. The summed E-state index contributed by atoms with van der Waals surface area (Å²) in [5.41, 5.74) is 9.50. The molecule has 0 bridgehead atoms. The van der Waals surface area contributed by atoms with E-state index < -0.39 is 0 Å². The van der Waals surface area contributed by atoms with E-state index in [-0.39, 0.29) is 5.91 Å². The van der Waals surface area contributed by atoms with Gasteiger partial charge in [-0.3, -0.25) is 4.79 Å². The van der Waals surface area contributed by atoms with E-state index in [1.165, 1.54) is 22.3 Å². The molecule has 2 aromatic rings. The molecule has 1 amide bonds. The molecule has 1 atom stereocenters. The van der Waals surface area contributed by atoms with Crippen LogP contribution in [0.5, 0.6) is 0 Å². The average Bonchev–Trinajstić information content (AvgIpc) is 2.65. The fraction of sp³-hybridized carbons (Fsp3) is 0.435.